The van der Waals surface area contributed by atoms with Gasteiger partial charge in [-0.05, 0) is 18.2 Å². The summed E-state index contributed by atoms with van der Waals surface area (Å²) in [6.07, 6.45) is -0.616. The Hall–Kier alpha value is -1.40. The normalized spacial score (nSPS) is 19.2. The zero-order valence-electron chi connectivity index (χ0n) is 9.72. The highest BCUT2D eigenvalue weighted by atomic mass is 79.9. The smallest absolute Gasteiger partial charge is 0.339 e. The van der Waals surface area contributed by atoms with E-state index in [-0.39, 0.29) is 18.9 Å². The fraction of sp³-hybridized carbons (Fsp3) is 0.333. The van der Waals surface area contributed by atoms with Crippen molar-refractivity contribution in [1.82, 2.24) is 0 Å². The number of aliphatic hydroxyl groups is 1. The van der Waals surface area contributed by atoms with Gasteiger partial charge in [-0.1, -0.05) is 15.9 Å². The summed E-state index contributed by atoms with van der Waals surface area (Å²) in [5, 5.41) is 9.50. The fourth-order valence-corrected chi connectivity index (χ4v) is 2.28. The maximum absolute atomic E-state index is 11.8. The number of aliphatic hydroxyl groups excluding tert-OH is 1. The van der Waals surface area contributed by atoms with Crippen molar-refractivity contribution in [3.8, 4) is 0 Å². The van der Waals surface area contributed by atoms with Crippen LogP contribution in [0.15, 0.2) is 22.7 Å². The van der Waals surface area contributed by atoms with Crippen molar-refractivity contribution in [1.29, 1.82) is 0 Å². The number of anilines is 1. The Balaban J connectivity index is 2.45. The third-order valence-electron chi connectivity index (χ3n) is 2.76. The van der Waals surface area contributed by atoms with Gasteiger partial charge in [0.2, 0.25) is 5.91 Å². The molecule has 0 aromatic heterocycles. The van der Waals surface area contributed by atoms with Gasteiger partial charge in [-0.2, -0.15) is 0 Å². The molecule has 1 heterocycles. The summed E-state index contributed by atoms with van der Waals surface area (Å²) in [4.78, 5) is 24.8. The predicted octanol–water partition coefficient (Wildman–Crippen LogP) is 1.33. The highest BCUT2D eigenvalue weighted by Crippen LogP contribution is 2.29. The topological polar surface area (TPSA) is 66.8 Å². The Kier molecular flexibility index (Phi) is 3.68. The number of hydrogen-bond acceptors (Lipinski definition) is 4. The number of esters is 1. The van der Waals surface area contributed by atoms with E-state index >= 15 is 0 Å². The number of carbonyl (C=O) groups excluding carboxylic acids is 2. The molecule has 1 aliphatic heterocycles. The molecule has 0 saturated carbocycles. The number of halogens is 1. The van der Waals surface area contributed by atoms with Gasteiger partial charge in [0.15, 0.2) is 0 Å². The van der Waals surface area contributed by atoms with Crippen LogP contribution in [0.25, 0.3) is 0 Å². The molecule has 96 valence electrons. The fourth-order valence-electron chi connectivity index (χ4n) is 1.93. The Bertz CT molecular complexity index is 503. The molecule has 0 aliphatic carbocycles. The van der Waals surface area contributed by atoms with E-state index in [9.17, 15) is 14.7 Å². The number of nitrogens with zero attached hydrogens (tertiary/aromatic N) is 1. The number of methoxy groups -OCH3 is 1. The lowest BCUT2D eigenvalue weighted by molar-refractivity contribution is -0.117. The summed E-state index contributed by atoms with van der Waals surface area (Å²) in [6, 6.07) is 4.96. The van der Waals surface area contributed by atoms with Crippen molar-refractivity contribution in [2.45, 2.75) is 12.5 Å². The molecule has 6 heteroatoms. The van der Waals surface area contributed by atoms with Gasteiger partial charge in [0, 0.05) is 4.47 Å². The van der Waals surface area contributed by atoms with Crippen LogP contribution in [-0.4, -0.2) is 36.7 Å². The number of amides is 1. The van der Waals surface area contributed by atoms with E-state index in [2.05, 4.69) is 20.7 Å². The van der Waals surface area contributed by atoms with Crippen molar-refractivity contribution >= 4 is 33.5 Å². The minimum Gasteiger partial charge on any atom is -0.465 e. The summed E-state index contributed by atoms with van der Waals surface area (Å²) < 4.78 is 5.43. The summed E-state index contributed by atoms with van der Waals surface area (Å²) in [5.41, 5.74) is 0.765. The third-order valence-corrected chi connectivity index (χ3v) is 3.25. The van der Waals surface area contributed by atoms with Crippen LogP contribution >= 0.6 is 15.9 Å². The summed E-state index contributed by atoms with van der Waals surface area (Å²) in [7, 11) is 1.29. The van der Waals surface area contributed by atoms with Crippen molar-refractivity contribution in [2.75, 3.05) is 18.6 Å². The van der Waals surface area contributed by atoms with Gasteiger partial charge in [-0.3, -0.25) is 4.79 Å². The summed E-state index contributed by atoms with van der Waals surface area (Å²) in [6.45, 7) is 0.194. The Labute approximate surface area is 112 Å². The average Bonchev–Trinajstić information content (AvgIpc) is 2.67. The molecule has 5 nitrogen and oxygen atoms in total. The first-order valence-corrected chi connectivity index (χ1v) is 6.18. The van der Waals surface area contributed by atoms with E-state index in [0.717, 1.165) is 4.47 Å². The zero-order chi connectivity index (χ0) is 13.3. The predicted molar refractivity (Wildman–Crippen MR) is 68.5 cm³/mol. The van der Waals surface area contributed by atoms with Gasteiger partial charge in [-0.15, -0.1) is 0 Å². The first kappa shape index (κ1) is 13.0. The van der Waals surface area contributed by atoms with Gasteiger partial charge in [0.1, 0.15) is 0 Å². The summed E-state index contributed by atoms with van der Waals surface area (Å²) in [5.74, 6) is -0.711. The van der Waals surface area contributed by atoms with E-state index in [4.69, 9.17) is 0 Å². The van der Waals surface area contributed by atoms with E-state index < -0.39 is 12.1 Å². The second-order valence-corrected chi connectivity index (χ2v) is 4.93. The number of benzene rings is 1. The van der Waals surface area contributed by atoms with Gasteiger partial charge >= 0.3 is 5.97 Å². The molecule has 0 radical (unpaired) electrons. The molecule has 1 aliphatic rings. The zero-order valence-corrected chi connectivity index (χ0v) is 11.3. The van der Waals surface area contributed by atoms with E-state index in [1.165, 1.54) is 12.0 Å². The number of β-amino-alcohol motifs (C(OH)–C–C–N with tert-alkyl or cyclic N) is 1. The van der Waals surface area contributed by atoms with Crippen LogP contribution in [0, 0.1) is 0 Å². The number of carbonyl (C=O) groups is 2. The maximum Gasteiger partial charge on any atom is 0.339 e. The first-order chi connectivity index (χ1) is 8.52. The van der Waals surface area contributed by atoms with Crippen molar-refractivity contribution in [2.24, 2.45) is 0 Å². The molecule has 2 rings (SSSR count). The minimum atomic E-state index is -0.693. The number of ether oxygens (including phenoxy) is 1. The largest absolute Gasteiger partial charge is 0.465 e. The molecule has 1 unspecified atom stereocenters. The van der Waals surface area contributed by atoms with E-state index in [1.807, 2.05) is 0 Å². The molecule has 0 spiro atoms. The molecule has 0 bridgehead atoms. The van der Waals surface area contributed by atoms with E-state index in [0.29, 0.717) is 11.3 Å². The molecule has 18 heavy (non-hydrogen) atoms. The summed E-state index contributed by atoms with van der Waals surface area (Å²) >= 11 is 3.30. The standard InChI is InChI=1S/C12H12BrNO4/c1-18-12(17)9-3-2-7(13)4-10(9)14-6-8(15)5-11(14)16/h2-4,8,15H,5-6H2,1H3. The molecule has 1 saturated heterocycles. The number of rotatable bonds is 2. The van der Waals surface area contributed by atoms with E-state index in [1.54, 1.807) is 18.2 Å². The molecule has 1 aromatic rings. The number of hydrogen-bond donors (Lipinski definition) is 1. The van der Waals surface area contributed by atoms with Crippen LogP contribution < -0.4 is 4.90 Å². The molecule has 1 atom stereocenters. The average molecular weight is 314 g/mol. The molecule has 1 fully saturated rings. The van der Waals surface area contributed by atoms with Gasteiger partial charge in [0.25, 0.3) is 0 Å². The van der Waals surface area contributed by atoms with Crippen molar-refractivity contribution in [3.05, 3.63) is 28.2 Å². The van der Waals surface area contributed by atoms with Crippen LogP contribution in [0.1, 0.15) is 16.8 Å². The van der Waals surface area contributed by atoms with Crippen LogP contribution in [0.2, 0.25) is 0 Å². The Morgan fingerprint density at radius 1 is 1.56 bits per heavy atom. The highest BCUT2D eigenvalue weighted by Gasteiger charge is 2.31. The van der Waals surface area contributed by atoms with Gasteiger partial charge < -0.3 is 14.7 Å². The Morgan fingerprint density at radius 2 is 2.28 bits per heavy atom. The quantitative estimate of drug-likeness (QED) is 0.837. The monoisotopic (exact) mass is 313 g/mol. The van der Waals surface area contributed by atoms with Gasteiger partial charge in [0.05, 0.1) is 37.4 Å². The van der Waals surface area contributed by atoms with Crippen LogP contribution in [0.5, 0.6) is 0 Å². The molecular weight excluding hydrogens is 302 g/mol. The van der Waals surface area contributed by atoms with Gasteiger partial charge in [-0.25, -0.2) is 4.79 Å². The highest BCUT2D eigenvalue weighted by molar-refractivity contribution is 9.10. The molecule has 1 aromatic carbocycles. The second-order valence-electron chi connectivity index (χ2n) is 4.02. The van der Waals surface area contributed by atoms with Crippen molar-refractivity contribution in [3.63, 3.8) is 0 Å². The molecule has 1 amide bonds. The lowest BCUT2D eigenvalue weighted by Gasteiger charge is -2.19. The van der Waals surface area contributed by atoms with Crippen LogP contribution in [0.4, 0.5) is 5.69 Å². The SMILES string of the molecule is COC(=O)c1ccc(Br)cc1N1CC(O)CC1=O. The lowest BCUT2D eigenvalue weighted by Crippen LogP contribution is -2.27. The van der Waals surface area contributed by atoms with Crippen LogP contribution in [0.3, 0.4) is 0 Å². The third kappa shape index (κ3) is 2.39. The molecule has 1 N–H and O–H groups in total. The second kappa shape index (κ2) is 5.07. The lowest BCUT2D eigenvalue weighted by atomic mass is 10.1. The minimum absolute atomic E-state index is 0.0765. The van der Waals surface area contributed by atoms with Crippen molar-refractivity contribution < 1.29 is 19.4 Å². The molecular formula is C12H12BrNO4. The van der Waals surface area contributed by atoms with Crippen LogP contribution in [-0.2, 0) is 9.53 Å². The Morgan fingerprint density at radius 3 is 2.83 bits per heavy atom. The maximum atomic E-state index is 11.8. The first-order valence-electron chi connectivity index (χ1n) is 5.39.